The van der Waals surface area contributed by atoms with Crippen molar-refractivity contribution in [1.29, 1.82) is 0 Å². The van der Waals surface area contributed by atoms with Crippen molar-refractivity contribution in [3.8, 4) is 0 Å². The van der Waals surface area contributed by atoms with Gasteiger partial charge in [-0.05, 0) is 19.3 Å². The van der Waals surface area contributed by atoms with Crippen molar-refractivity contribution >= 4 is 0 Å². The lowest BCUT2D eigenvalue weighted by molar-refractivity contribution is 0.356. The monoisotopic (exact) mass is 235 g/mol. The Morgan fingerprint density at radius 2 is 2.00 bits per heavy atom. The second kappa shape index (κ2) is 5.67. The molecule has 0 aliphatic heterocycles. The Labute approximate surface area is 104 Å². The highest BCUT2D eigenvalue weighted by atomic mass is 15.1. The van der Waals surface area contributed by atoms with Gasteiger partial charge < -0.3 is 10.3 Å². The maximum Gasteiger partial charge on any atom is 0.110 e. The predicted molar refractivity (Wildman–Crippen MR) is 70.8 cm³/mol. The molecule has 2 N–H and O–H groups in total. The summed E-state index contributed by atoms with van der Waals surface area (Å²) in [7, 11) is 0. The van der Waals surface area contributed by atoms with Crippen LogP contribution in [0, 0.1) is 0 Å². The maximum atomic E-state index is 6.56. The topological polar surface area (TPSA) is 43.8 Å². The summed E-state index contributed by atoms with van der Waals surface area (Å²) in [5.41, 5.74) is 6.56. The average molecular weight is 235 g/mol. The van der Waals surface area contributed by atoms with Crippen molar-refractivity contribution in [3.63, 3.8) is 0 Å². The van der Waals surface area contributed by atoms with Crippen LogP contribution in [0.5, 0.6) is 0 Å². The summed E-state index contributed by atoms with van der Waals surface area (Å²) < 4.78 is 2.26. The summed E-state index contributed by atoms with van der Waals surface area (Å²) in [6.45, 7) is 3.26. The highest BCUT2D eigenvalue weighted by Gasteiger charge is 2.27. The van der Waals surface area contributed by atoms with Crippen LogP contribution in [-0.2, 0) is 13.0 Å². The first-order chi connectivity index (χ1) is 8.23. The fourth-order valence-electron chi connectivity index (χ4n) is 2.88. The number of imidazole rings is 1. The number of nitrogens with two attached hydrogens (primary N) is 1. The van der Waals surface area contributed by atoms with Gasteiger partial charge >= 0.3 is 0 Å². The molecule has 1 fully saturated rings. The van der Waals surface area contributed by atoms with Crippen LogP contribution in [0.2, 0.25) is 0 Å². The fourth-order valence-corrected chi connectivity index (χ4v) is 2.88. The van der Waals surface area contributed by atoms with Crippen LogP contribution in [0.4, 0.5) is 0 Å². The number of rotatable bonds is 4. The molecule has 0 atom stereocenters. The molecule has 3 heteroatoms. The molecule has 0 spiro atoms. The molecular weight excluding hydrogens is 210 g/mol. The Morgan fingerprint density at radius 1 is 1.29 bits per heavy atom. The first kappa shape index (κ1) is 12.6. The molecule has 0 unspecified atom stereocenters. The lowest BCUT2D eigenvalue weighted by Crippen LogP contribution is -2.42. The van der Waals surface area contributed by atoms with Crippen LogP contribution < -0.4 is 5.73 Å². The molecule has 1 saturated carbocycles. The quantitative estimate of drug-likeness (QED) is 0.815. The zero-order valence-electron chi connectivity index (χ0n) is 11.0. The summed E-state index contributed by atoms with van der Waals surface area (Å²) in [6.07, 6.45) is 13.7. The van der Waals surface area contributed by atoms with E-state index in [0.717, 1.165) is 32.2 Å². The third-order valence-electron chi connectivity index (χ3n) is 3.88. The van der Waals surface area contributed by atoms with Crippen molar-refractivity contribution < 1.29 is 0 Å². The molecule has 0 bridgehead atoms. The smallest absolute Gasteiger partial charge is 0.110 e. The van der Waals surface area contributed by atoms with Crippen molar-refractivity contribution in [2.75, 3.05) is 0 Å². The van der Waals surface area contributed by atoms with E-state index in [9.17, 15) is 0 Å². The lowest BCUT2D eigenvalue weighted by Gasteiger charge is -2.28. The Balaban J connectivity index is 2.04. The minimum Gasteiger partial charge on any atom is -0.335 e. The maximum absolute atomic E-state index is 6.56. The van der Waals surface area contributed by atoms with Crippen LogP contribution in [0.15, 0.2) is 12.4 Å². The zero-order chi connectivity index (χ0) is 12.1. The molecular formula is C14H25N3. The van der Waals surface area contributed by atoms with Crippen LogP contribution in [0.3, 0.4) is 0 Å². The highest BCUT2D eigenvalue weighted by Crippen LogP contribution is 2.27. The minimum absolute atomic E-state index is 0.00660. The molecule has 1 aliphatic rings. The zero-order valence-corrected chi connectivity index (χ0v) is 11.0. The molecule has 96 valence electrons. The lowest BCUT2D eigenvalue weighted by atomic mass is 9.87. The van der Waals surface area contributed by atoms with Gasteiger partial charge in [0.1, 0.15) is 5.82 Å². The largest absolute Gasteiger partial charge is 0.335 e. The first-order valence-corrected chi connectivity index (χ1v) is 7.02. The number of nitrogens with zero attached hydrogens (tertiary/aromatic N) is 2. The minimum atomic E-state index is -0.00660. The third kappa shape index (κ3) is 3.32. The van der Waals surface area contributed by atoms with E-state index in [-0.39, 0.29) is 5.54 Å². The number of hydrogen-bond acceptors (Lipinski definition) is 2. The Kier molecular flexibility index (Phi) is 4.21. The molecule has 1 aromatic heterocycles. The SMILES string of the molecule is CCCn1ccnc1CC1(N)CCCCCC1. The van der Waals surface area contributed by atoms with Gasteiger partial charge in [0, 0.05) is 30.9 Å². The molecule has 0 amide bonds. The van der Waals surface area contributed by atoms with Gasteiger partial charge in [-0.2, -0.15) is 0 Å². The normalized spacial score (nSPS) is 20.1. The van der Waals surface area contributed by atoms with Crippen LogP contribution in [0.25, 0.3) is 0 Å². The molecule has 0 saturated heterocycles. The van der Waals surface area contributed by atoms with Crippen molar-refractivity contribution in [2.45, 2.75) is 70.4 Å². The third-order valence-corrected chi connectivity index (χ3v) is 3.88. The van der Waals surface area contributed by atoms with E-state index >= 15 is 0 Å². The van der Waals surface area contributed by atoms with E-state index in [1.165, 1.54) is 31.5 Å². The van der Waals surface area contributed by atoms with Gasteiger partial charge in [-0.25, -0.2) is 4.98 Å². The average Bonchev–Trinajstić information content (AvgIpc) is 2.60. The standard InChI is InChI=1S/C14H25N3/c1-2-10-17-11-9-16-13(17)12-14(15)7-5-3-4-6-8-14/h9,11H,2-8,10,12,15H2,1H3. The molecule has 1 heterocycles. The van der Waals surface area contributed by atoms with Crippen LogP contribution in [-0.4, -0.2) is 15.1 Å². The van der Waals surface area contributed by atoms with Crippen molar-refractivity contribution in [2.24, 2.45) is 5.73 Å². The van der Waals surface area contributed by atoms with Crippen molar-refractivity contribution in [1.82, 2.24) is 9.55 Å². The summed E-state index contributed by atoms with van der Waals surface area (Å²) in [5.74, 6) is 1.18. The summed E-state index contributed by atoms with van der Waals surface area (Å²) in [5, 5.41) is 0. The second-order valence-corrected chi connectivity index (χ2v) is 5.49. The van der Waals surface area contributed by atoms with E-state index in [1.807, 2.05) is 6.20 Å². The predicted octanol–water partition coefficient (Wildman–Crippen LogP) is 2.89. The molecule has 1 aromatic rings. The Morgan fingerprint density at radius 3 is 2.65 bits per heavy atom. The molecule has 17 heavy (non-hydrogen) atoms. The van der Waals surface area contributed by atoms with E-state index in [2.05, 4.69) is 22.7 Å². The molecule has 1 aliphatic carbocycles. The Hall–Kier alpha value is -0.830. The van der Waals surface area contributed by atoms with Gasteiger partial charge in [0.25, 0.3) is 0 Å². The van der Waals surface area contributed by atoms with E-state index in [0.29, 0.717) is 0 Å². The fraction of sp³-hybridized carbons (Fsp3) is 0.786. The molecule has 0 aromatic carbocycles. The van der Waals surface area contributed by atoms with Gasteiger partial charge in [0.15, 0.2) is 0 Å². The molecule has 3 nitrogen and oxygen atoms in total. The highest BCUT2D eigenvalue weighted by molar-refractivity contribution is 5.01. The van der Waals surface area contributed by atoms with Gasteiger partial charge in [-0.15, -0.1) is 0 Å². The number of hydrogen-bond donors (Lipinski definition) is 1. The van der Waals surface area contributed by atoms with Crippen LogP contribution in [0.1, 0.15) is 57.7 Å². The first-order valence-electron chi connectivity index (χ1n) is 7.02. The van der Waals surface area contributed by atoms with Crippen molar-refractivity contribution in [3.05, 3.63) is 18.2 Å². The Bertz CT molecular complexity index is 335. The van der Waals surface area contributed by atoms with Gasteiger partial charge in [0.2, 0.25) is 0 Å². The molecule has 2 rings (SSSR count). The van der Waals surface area contributed by atoms with E-state index in [4.69, 9.17) is 5.73 Å². The number of aromatic nitrogens is 2. The summed E-state index contributed by atoms with van der Waals surface area (Å²) in [4.78, 5) is 4.49. The summed E-state index contributed by atoms with van der Waals surface area (Å²) in [6, 6.07) is 0. The van der Waals surface area contributed by atoms with E-state index in [1.54, 1.807) is 0 Å². The summed E-state index contributed by atoms with van der Waals surface area (Å²) >= 11 is 0. The van der Waals surface area contributed by atoms with Gasteiger partial charge in [-0.1, -0.05) is 32.6 Å². The number of aryl methyl sites for hydroxylation is 1. The second-order valence-electron chi connectivity index (χ2n) is 5.49. The molecule has 0 radical (unpaired) electrons. The van der Waals surface area contributed by atoms with Gasteiger partial charge in [-0.3, -0.25) is 0 Å². The van der Waals surface area contributed by atoms with E-state index < -0.39 is 0 Å². The van der Waals surface area contributed by atoms with Gasteiger partial charge in [0.05, 0.1) is 0 Å². The van der Waals surface area contributed by atoms with Crippen LogP contribution >= 0.6 is 0 Å².